The van der Waals surface area contributed by atoms with E-state index in [4.69, 9.17) is 56.8 Å². The third-order valence-corrected chi connectivity index (χ3v) is 22.0. The van der Waals surface area contributed by atoms with Gasteiger partial charge in [0.05, 0.1) is 254 Å². The lowest BCUT2D eigenvalue weighted by Crippen LogP contribution is -3.00. The van der Waals surface area contributed by atoms with E-state index < -0.39 is 0 Å². The summed E-state index contributed by atoms with van der Waals surface area (Å²) in [7, 11) is 79.8. The van der Waals surface area contributed by atoms with Crippen molar-refractivity contribution in [3.63, 3.8) is 0 Å². The number of hydrogen-bond acceptors (Lipinski definition) is 12. The molecule has 804 valence electrons. The summed E-state index contributed by atoms with van der Waals surface area (Å²) < 4.78 is 96.1. The minimum Gasteiger partial charge on any atom is -1.00 e. The van der Waals surface area contributed by atoms with Gasteiger partial charge in [-0.2, -0.15) is 0 Å². The van der Waals surface area contributed by atoms with Crippen LogP contribution in [0.3, 0.4) is 0 Å². The first-order chi connectivity index (χ1) is 57.8. The number of hydrogen-bond donors (Lipinski definition) is 0. The second-order valence-electron chi connectivity index (χ2n) is 47.8. The maximum absolute atomic E-state index is 7.29. The summed E-state index contributed by atoms with van der Waals surface area (Å²) in [5, 5.41) is 0. The Hall–Kier alpha value is -1.80. The molecule has 138 heavy (non-hydrogen) atoms. The van der Waals surface area contributed by atoms with Crippen LogP contribution >= 0.6 is 0 Å². The van der Waals surface area contributed by atoms with E-state index in [0.29, 0.717) is 172 Å². The first kappa shape index (κ1) is 147. The summed E-state index contributed by atoms with van der Waals surface area (Å²) in [5.74, 6) is 9.23. The van der Waals surface area contributed by atoms with Gasteiger partial charge in [0.25, 0.3) is 0 Å². The van der Waals surface area contributed by atoms with E-state index in [1.165, 1.54) is 0 Å². The highest BCUT2D eigenvalue weighted by atomic mass is 79.9. The average molecular weight is 2730 g/mol. The molecule has 0 radical (unpaired) electrons. The van der Waals surface area contributed by atoms with E-state index in [9.17, 15) is 0 Å². The van der Waals surface area contributed by atoms with Crippen LogP contribution in [0.5, 0.6) is 69.0 Å². The van der Waals surface area contributed by atoms with Crippen LogP contribution in [0.4, 0.5) is 0 Å². The third-order valence-electron chi connectivity index (χ3n) is 22.0. The minimum atomic E-state index is 0. The van der Waals surface area contributed by atoms with Crippen molar-refractivity contribution in [2.75, 3.05) is 412 Å². The molecule has 0 aliphatic heterocycles. The average Bonchev–Trinajstić information content (AvgIpc) is 0.782. The molecule has 0 saturated carbocycles. The molecule has 6 aromatic rings. The van der Waals surface area contributed by atoms with Crippen molar-refractivity contribution in [2.24, 2.45) is 0 Å². The van der Waals surface area contributed by atoms with Crippen LogP contribution in [-0.4, -0.2) is 465 Å². The predicted molar refractivity (Wildman–Crippen MR) is 516 cm³/mol. The molecule has 0 unspecified atom stereocenters. The van der Waals surface area contributed by atoms with Crippen molar-refractivity contribution in [3.05, 3.63) is 140 Å². The van der Waals surface area contributed by atoms with E-state index in [2.05, 4.69) is 327 Å². The molecule has 0 amide bonds. The number of rotatable bonds is 48. The highest BCUT2D eigenvalue weighted by Crippen LogP contribution is 2.45. The Balaban J connectivity index is -0.00000363. The molecule has 0 spiro atoms. The molecule has 0 N–H and O–H groups in total. The molecule has 0 heterocycles. The fraction of sp³-hybridized carbons (Fsp3) is 0.647. The van der Waals surface area contributed by atoms with Gasteiger partial charge in [-0.25, -0.2) is 0 Å². The monoisotopic (exact) mass is 2710 g/mol. The smallest absolute Gasteiger partial charge is 0.137 e. The number of benzene rings is 6. The van der Waals surface area contributed by atoms with Crippen LogP contribution in [0.2, 0.25) is 0 Å². The lowest BCUT2D eigenvalue weighted by molar-refractivity contribution is -0.870. The van der Waals surface area contributed by atoms with Crippen molar-refractivity contribution in [3.8, 4) is 69.0 Å². The first-order valence-electron chi connectivity index (χ1n) is 46.0. The summed E-state index contributed by atoms with van der Waals surface area (Å²) in [4.78, 5) is 0. The molecular weight excluding hydrogens is 2540 g/mol. The van der Waals surface area contributed by atoms with Crippen LogP contribution in [0.1, 0.15) is 66.8 Å². The van der Waals surface area contributed by atoms with Gasteiger partial charge in [-0.3, -0.25) is 0 Å². The summed E-state index contributed by atoms with van der Waals surface area (Å²) in [6, 6.07) is 27.0. The molecule has 0 fully saturated rings. The molecule has 16 aliphatic carbocycles. The summed E-state index contributed by atoms with van der Waals surface area (Å²) >= 11 is 0. The molecule has 24 nitrogen and oxygen atoms in total. The largest absolute Gasteiger partial charge is 1.00 e. The molecule has 6 aromatic carbocycles. The minimum absolute atomic E-state index is 0. The maximum Gasteiger partial charge on any atom is 0.137 e. The summed E-state index contributed by atoms with van der Waals surface area (Å²) in [6.45, 7) is 14.8. The Morgan fingerprint density at radius 1 is 0.123 bits per heavy atom. The number of halogens is 12. The van der Waals surface area contributed by atoms with E-state index in [1.807, 2.05) is 0 Å². The van der Waals surface area contributed by atoms with Gasteiger partial charge in [0, 0.05) is 105 Å². The van der Waals surface area contributed by atoms with Crippen LogP contribution in [0.25, 0.3) is 0 Å². The van der Waals surface area contributed by atoms with Crippen molar-refractivity contribution >= 4 is 0 Å². The lowest BCUT2D eigenvalue weighted by atomic mass is 9.92. The van der Waals surface area contributed by atoms with E-state index in [-0.39, 0.29) is 204 Å². The molecule has 36 heteroatoms. The zero-order valence-electron chi connectivity index (χ0n) is 90.9. The molecular formula is C102H180Br12N12O12. The van der Waals surface area contributed by atoms with Crippen LogP contribution in [-0.2, 0) is 38.5 Å². The van der Waals surface area contributed by atoms with Gasteiger partial charge < -0.3 is 314 Å². The lowest BCUT2D eigenvalue weighted by Gasteiger charge is -2.27. The van der Waals surface area contributed by atoms with Gasteiger partial charge in [-0.05, 0) is 72.8 Å². The van der Waals surface area contributed by atoms with Crippen molar-refractivity contribution in [2.45, 2.75) is 38.5 Å². The second-order valence-corrected chi connectivity index (χ2v) is 47.8. The Labute approximate surface area is 963 Å². The zero-order chi connectivity index (χ0) is 94.0. The van der Waals surface area contributed by atoms with E-state index in [1.54, 1.807) is 0 Å². The fourth-order valence-corrected chi connectivity index (χ4v) is 13.5. The molecule has 16 aliphatic rings. The van der Waals surface area contributed by atoms with E-state index in [0.717, 1.165) is 214 Å². The summed E-state index contributed by atoms with van der Waals surface area (Å²) in [5.41, 5.74) is 11.6. The Morgan fingerprint density at radius 2 is 0.181 bits per heavy atom. The van der Waals surface area contributed by atoms with Gasteiger partial charge >= 0.3 is 0 Å². The number of ether oxygens (including phenoxy) is 12. The number of likely N-dealkylation sites (N-methyl/N-ethyl adjacent to an activating group) is 12. The van der Waals surface area contributed by atoms with Crippen molar-refractivity contribution in [1.82, 2.24) is 0 Å². The first-order valence-corrected chi connectivity index (χ1v) is 46.0. The van der Waals surface area contributed by atoms with Crippen LogP contribution in [0, 0.1) is 0 Å². The van der Waals surface area contributed by atoms with Crippen LogP contribution < -0.4 is 261 Å². The Kier molecular flexibility index (Phi) is 67.3. The SMILES string of the molecule is C[N+](C)(C)CCOc1cc2c(OCC[N+](C)(C)C)cc1Cc1cc(OCC[N+](C)(C)C)c(cc1OCC[N+](C)(C)C)Cc1cc(OCC[N+](C)(C)C)c(cc1OCC[N+](C)(C)C)Cc1cc(OCC[N+](C)(C)C)c(cc1OCC[N+](C)(C)C)Cc1cc(OCC[N+](C)(C)C)c(cc1OCC[N+](C)(C)C)Cc1cc(OCC[N+](C)(C)C)c(cc1OCC[N+](C)(C)C)C2.[Br-].[Br-].[Br-].[Br-].[Br-].[Br-].[Br-].[Br-].[Br-].[Br-].[Br-].[Br-]. The summed E-state index contributed by atoms with van der Waals surface area (Å²) in [6.07, 6.45) is 2.60. The number of nitrogens with zero attached hydrogens (tertiary/aromatic N) is 12. The quantitative estimate of drug-likeness (QED) is 0.0339. The van der Waals surface area contributed by atoms with Gasteiger partial charge in [-0.1, -0.05) is 0 Å². The predicted octanol–water partition coefficient (Wildman–Crippen LogP) is -25.4. The van der Waals surface area contributed by atoms with Crippen LogP contribution in [0.15, 0.2) is 72.8 Å². The zero-order valence-corrected chi connectivity index (χ0v) is 110. The maximum atomic E-state index is 7.29. The van der Waals surface area contributed by atoms with E-state index >= 15 is 0 Å². The number of quaternary nitrogens is 12. The Morgan fingerprint density at radius 3 is 0.232 bits per heavy atom. The fourth-order valence-electron chi connectivity index (χ4n) is 13.5. The molecule has 0 saturated heterocycles. The normalized spacial score (nSPS) is 12.6. The Bertz CT molecular complexity index is 3500. The van der Waals surface area contributed by atoms with Gasteiger partial charge in [0.2, 0.25) is 0 Å². The highest BCUT2D eigenvalue weighted by molar-refractivity contribution is 5.61. The van der Waals surface area contributed by atoms with Gasteiger partial charge in [0.1, 0.15) is 227 Å². The highest BCUT2D eigenvalue weighted by Gasteiger charge is 2.30. The molecule has 0 aromatic heterocycles. The molecule has 22 rings (SSSR count). The molecule has 12 bridgehead atoms. The van der Waals surface area contributed by atoms with Gasteiger partial charge in [-0.15, -0.1) is 0 Å². The second kappa shape index (κ2) is 63.3. The standard InChI is InChI=1S/C102H180N12O12.12BrH/c1-103(2,3)37-49-115-91-67-80-62-82-70-96(120-54-42-108(16,17)18)84(72-95(82)119-53-41-107(13,14)15)64-86-74-100(124-58-46-112(28,29)30)88(76-99(86)123-57-45-111(25,26)27)66-90-78-101(125-59-47-113(31,32)33)89(77-102(90)126-60-48-114(34,35)36)65-87-75-97(121-55-43-109(19,20)21)85(73-98(87)122-56-44-110(22,23)24)63-83-71-93(117-51-39-105(7,8)9)81(69-94(83)118-52-40-106(10,11)12)61-79(91)68-92(80)116-50-38-104(4,5)6;;;;;;;;;;;;/h67-78H,37-66H2,1-36H3;12*1H/q+12;;;;;;;;;;;;/p-12. The van der Waals surface area contributed by atoms with Crippen molar-refractivity contribution < 1.29 is 314 Å². The topological polar surface area (TPSA) is 111 Å². The third kappa shape index (κ3) is 58.2. The van der Waals surface area contributed by atoms with Gasteiger partial charge in [0.15, 0.2) is 0 Å². The molecule has 0 atom stereocenters. The van der Waals surface area contributed by atoms with Crippen molar-refractivity contribution in [1.29, 1.82) is 0 Å².